The first-order chi connectivity index (χ1) is 6.31. The molecule has 0 amide bonds. The lowest BCUT2D eigenvalue weighted by molar-refractivity contribution is 0.393. The van der Waals surface area contributed by atoms with Crippen LogP contribution in [0, 0.1) is 6.92 Å². The van der Waals surface area contributed by atoms with Crippen LogP contribution in [0.5, 0.6) is 0 Å². The second-order valence-electron chi connectivity index (χ2n) is 3.91. The molecule has 2 nitrogen and oxygen atoms in total. The van der Waals surface area contributed by atoms with Crippen molar-refractivity contribution in [3.05, 3.63) is 23.2 Å². The Balaban J connectivity index is 2.25. The molecule has 0 saturated heterocycles. The van der Waals surface area contributed by atoms with Gasteiger partial charge >= 0.3 is 0 Å². The summed E-state index contributed by atoms with van der Waals surface area (Å²) in [5.74, 6) is 2.85. The number of furan rings is 1. The Morgan fingerprint density at radius 3 is 3.23 bits per heavy atom. The third kappa shape index (κ3) is 1.63. The van der Waals surface area contributed by atoms with E-state index in [1.807, 2.05) is 6.92 Å². The molecule has 0 radical (unpaired) electrons. The zero-order valence-electron chi connectivity index (χ0n) is 8.18. The molecule has 1 heterocycles. The van der Waals surface area contributed by atoms with Crippen LogP contribution < -0.4 is 5.73 Å². The Bertz CT molecular complexity index is 290. The third-order valence-corrected chi connectivity index (χ3v) is 2.85. The van der Waals surface area contributed by atoms with E-state index >= 15 is 0 Å². The molecule has 2 N–H and O–H groups in total. The van der Waals surface area contributed by atoms with Crippen LogP contribution in [-0.2, 0) is 6.42 Å². The average molecular weight is 179 g/mol. The monoisotopic (exact) mass is 179 g/mol. The fourth-order valence-electron chi connectivity index (χ4n) is 2.27. The van der Waals surface area contributed by atoms with Crippen LogP contribution in [0.15, 0.2) is 10.5 Å². The minimum atomic E-state index is 0.586. The molecule has 72 valence electrons. The van der Waals surface area contributed by atoms with Crippen molar-refractivity contribution in [2.45, 2.75) is 38.5 Å². The van der Waals surface area contributed by atoms with E-state index in [0.717, 1.165) is 18.7 Å². The normalized spacial score (nSPS) is 21.5. The molecule has 0 aromatic carbocycles. The summed E-state index contributed by atoms with van der Waals surface area (Å²) in [7, 11) is 0. The standard InChI is InChI=1S/C11H17NO/c1-8-7-10-4-2-3-9(5-6-12)11(10)13-8/h7,9H,2-6,12H2,1H3. The van der Waals surface area contributed by atoms with Gasteiger partial charge in [-0.2, -0.15) is 0 Å². The highest BCUT2D eigenvalue weighted by molar-refractivity contribution is 5.26. The summed E-state index contributed by atoms with van der Waals surface area (Å²) >= 11 is 0. The van der Waals surface area contributed by atoms with Crippen LogP contribution in [0.25, 0.3) is 0 Å². The summed E-state index contributed by atoms with van der Waals surface area (Å²) in [6.45, 7) is 2.79. The number of aryl methyl sites for hydroxylation is 2. The summed E-state index contributed by atoms with van der Waals surface area (Å²) in [4.78, 5) is 0. The summed E-state index contributed by atoms with van der Waals surface area (Å²) < 4.78 is 5.72. The minimum Gasteiger partial charge on any atom is -0.466 e. The Morgan fingerprint density at radius 2 is 2.46 bits per heavy atom. The molecule has 2 rings (SSSR count). The lowest BCUT2D eigenvalue weighted by atomic mass is 9.86. The zero-order valence-corrected chi connectivity index (χ0v) is 8.18. The number of hydrogen-bond donors (Lipinski definition) is 1. The molecule has 1 aliphatic rings. The maximum atomic E-state index is 5.72. The molecule has 13 heavy (non-hydrogen) atoms. The van der Waals surface area contributed by atoms with Gasteiger partial charge in [0.2, 0.25) is 0 Å². The van der Waals surface area contributed by atoms with Crippen molar-refractivity contribution in [2.75, 3.05) is 6.54 Å². The van der Waals surface area contributed by atoms with Gasteiger partial charge < -0.3 is 10.2 Å². The van der Waals surface area contributed by atoms with E-state index in [4.69, 9.17) is 10.2 Å². The number of hydrogen-bond acceptors (Lipinski definition) is 2. The Hall–Kier alpha value is -0.760. The molecular weight excluding hydrogens is 162 g/mol. The molecule has 0 spiro atoms. The number of rotatable bonds is 2. The largest absolute Gasteiger partial charge is 0.466 e. The van der Waals surface area contributed by atoms with Crippen LogP contribution >= 0.6 is 0 Å². The highest BCUT2D eigenvalue weighted by atomic mass is 16.3. The van der Waals surface area contributed by atoms with Crippen molar-refractivity contribution in [1.29, 1.82) is 0 Å². The fraction of sp³-hybridized carbons (Fsp3) is 0.636. The van der Waals surface area contributed by atoms with Gasteiger partial charge in [-0.3, -0.25) is 0 Å². The van der Waals surface area contributed by atoms with E-state index in [1.165, 1.54) is 30.6 Å². The van der Waals surface area contributed by atoms with Crippen molar-refractivity contribution in [2.24, 2.45) is 5.73 Å². The van der Waals surface area contributed by atoms with E-state index in [-0.39, 0.29) is 0 Å². The molecule has 0 fully saturated rings. The average Bonchev–Trinajstić information content (AvgIpc) is 2.47. The predicted molar refractivity (Wildman–Crippen MR) is 52.8 cm³/mol. The van der Waals surface area contributed by atoms with Crippen molar-refractivity contribution >= 4 is 0 Å². The maximum absolute atomic E-state index is 5.72. The summed E-state index contributed by atoms with van der Waals surface area (Å²) in [5.41, 5.74) is 7.00. The van der Waals surface area contributed by atoms with Gasteiger partial charge in [-0.05, 0) is 50.8 Å². The number of fused-ring (bicyclic) bond motifs is 1. The van der Waals surface area contributed by atoms with Crippen LogP contribution in [0.1, 0.15) is 42.3 Å². The zero-order chi connectivity index (χ0) is 9.26. The number of nitrogens with two attached hydrogens (primary N) is 1. The minimum absolute atomic E-state index is 0.586. The summed E-state index contributed by atoms with van der Waals surface area (Å²) in [5, 5.41) is 0. The third-order valence-electron chi connectivity index (χ3n) is 2.85. The van der Waals surface area contributed by atoms with E-state index in [2.05, 4.69) is 6.07 Å². The molecule has 1 unspecified atom stereocenters. The van der Waals surface area contributed by atoms with Crippen molar-refractivity contribution in [3.63, 3.8) is 0 Å². The second kappa shape index (κ2) is 3.54. The van der Waals surface area contributed by atoms with E-state index in [9.17, 15) is 0 Å². The SMILES string of the molecule is Cc1cc2c(o1)C(CCN)CCC2. The van der Waals surface area contributed by atoms with Crippen molar-refractivity contribution in [1.82, 2.24) is 0 Å². The van der Waals surface area contributed by atoms with Gasteiger partial charge in [-0.15, -0.1) is 0 Å². The van der Waals surface area contributed by atoms with Gasteiger partial charge in [0, 0.05) is 5.92 Å². The Kier molecular flexibility index (Phi) is 2.40. The first kappa shape index (κ1) is 8.82. The topological polar surface area (TPSA) is 39.2 Å². The predicted octanol–water partition coefficient (Wildman–Crippen LogP) is 2.36. The van der Waals surface area contributed by atoms with Crippen LogP contribution in [0.3, 0.4) is 0 Å². The lowest BCUT2D eigenvalue weighted by Gasteiger charge is -2.19. The lowest BCUT2D eigenvalue weighted by Crippen LogP contribution is -2.12. The molecule has 0 aliphatic heterocycles. The van der Waals surface area contributed by atoms with Crippen molar-refractivity contribution < 1.29 is 4.42 Å². The fourth-order valence-corrected chi connectivity index (χ4v) is 2.27. The first-order valence-corrected chi connectivity index (χ1v) is 5.10. The first-order valence-electron chi connectivity index (χ1n) is 5.10. The van der Waals surface area contributed by atoms with Gasteiger partial charge in [0.15, 0.2) is 0 Å². The molecule has 2 heteroatoms. The highest BCUT2D eigenvalue weighted by Crippen LogP contribution is 2.35. The quantitative estimate of drug-likeness (QED) is 0.757. The Morgan fingerprint density at radius 1 is 1.62 bits per heavy atom. The van der Waals surface area contributed by atoms with Crippen LogP contribution in [0.4, 0.5) is 0 Å². The van der Waals surface area contributed by atoms with Gasteiger partial charge in [0.05, 0.1) is 0 Å². The van der Waals surface area contributed by atoms with Gasteiger partial charge in [0.25, 0.3) is 0 Å². The summed E-state index contributed by atoms with van der Waals surface area (Å²) in [6, 6.07) is 2.18. The molecule has 0 saturated carbocycles. The molecule has 0 bridgehead atoms. The molecule has 1 aromatic rings. The molecule has 1 aromatic heterocycles. The van der Waals surface area contributed by atoms with E-state index < -0.39 is 0 Å². The van der Waals surface area contributed by atoms with Crippen LogP contribution in [0.2, 0.25) is 0 Å². The van der Waals surface area contributed by atoms with E-state index in [0.29, 0.717) is 5.92 Å². The summed E-state index contributed by atoms with van der Waals surface area (Å²) in [6.07, 6.45) is 4.79. The smallest absolute Gasteiger partial charge is 0.110 e. The van der Waals surface area contributed by atoms with Crippen LogP contribution in [-0.4, -0.2) is 6.54 Å². The Labute approximate surface area is 79.1 Å². The maximum Gasteiger partial charge on any atom is 0.110 e. The second-order valence-corrected chi connectivity index (χ2v) is 3.91. The molecule has 1 atom stereocenters. The van der Waals surface area contributed by atoms with E-state index in [1.54, 1.807) is 0 Å². The highest BCUT2D eigenvalue weighted by Gasteiger charge is 2.23. The van der Waals surface area contributed by atoms with Gasteiger partial charge in [-0.25, -0.2) is 0 Å². The molecular formula is C11H17NO. The van der Waals surface area contributed by atoms with Crippen molar-refractivity contribution in [3.8, 4) is 0 Å². The molecule has 1 aliphatic carbocycles. The van der Waals surface area contributed by atoms with Gasteiger partial charge in [-0.1, -0.05) is 0 Å². The van der Waals surface area contributed by atoms with Gasteiger partial charge in [0.1, 0.15) is 11.5 Å².